The van der Waals surface area contributed by atoms with Crippen LogP contribution in [0.2, 0.25) is 0 Å². The third kappa shape index (κ3) is 98.9. The Morgan fingerprint density at radius 2 is 1.40 bits per heavy atom. The van der Waals surface area contributed by atoms with Gasteiger partial charge in [-0.3, -0.25) is 0 Å². The smallest absolute Gasteiger partial charge is 1.00 e. The summed E-state index contributed by atoms with van der Waals surface area (Å²) in [5, 5.41) is 0. The van der Waals surface area contributed by atoms with Crippen molar-refractivity contribution in [3.8, 4) is 0 Å². The van der Waals surface area contributed by atoms with Crippen LogP contribution in [0.1, 0.15) is 6.92 Å². The molecule has 0 fully saturated rings. The average Bonchev–Trinajstić information content (AvgIpc) is 1.41. The minimum absolute atomic E-state index is 0. The van der Waals surface area contributed by atoms with Crippen LogP contribution in [0.25, 0.3) is 0 Å². The summed E-state index contributed by atoms with van der Waals surface area (Å²) in [7, 11) is 0. The van der Waals surface area contributed by atoms with Crippen LogP contribution in [0, 0.1) is 7.43 Å². The molecular weight excluding hydrogens is 177 g/mol. The third-order valence-electron chi connectivity index (χ3n) is 0.329. The molecule has 60 valence electrons. The summed E-state index contributed by atoms with van der Waals surface area (Å²) in [6.45, 7) is 5.42. The molecule has 0 saturated heterocycles. The van der Waals surface area contributed by atoms with Crippen LogP contribution in [-0.2, 0) is 21.7 Å². The van der Waals surface area contributed by atoms with Crippen molar-refractivity contribution in [3.63, 3.8) is 0 Å². The average molecular weight is 188 g/mol. The fraction of sp³-hybridized carbons (Fsp3) is 0.167. The Labute approximate surface area is 75.4 Å². The molecule has 0 N–H and O–H groups in total. The van der Waals surface area contributed by atoms with Crippen LogP contribution in [0.4, 0.5) is 0 Å². The monoisotopic (exact) mass is 188 g/mol. The van der Waals surface area contributed by atoms with E-state index >= 15 is 0 Å². The topological polar surface area (TPSA) is 0 Å². The van der Waals surface area contributed by atoms with E-state index in [-0.39, 0.29) is 43.3 Å². The van der Waals surface area contributed by atoms with Crippen molar-refractivity contribution in [2.24, 2.45) is 0 Å². The quantitative estimate of drug-likeness (QED) is 0.218. The Morgan fingerprint density at radius 3 is 1.40 bits per heavy atom. The van der Waals surface area contributed by atoms with Crippen LogP contribution < -0.4 is 14.1 Å². The van der Waals surface area contributed by atoms with Gasteiger partial charge in [-0.15, -0.1) is 0 Å². The number of rotatable bonds is 1. The standard InChI is InChI=1S/C5H8.CH3.3FH.Ti/c1-3-5-4-2;;;;;/h3-5H,1H2,2H3;1H3;3*1H;/q;-1;;;;+4/p-3. The molecular formula is C6H11F3Ti. The van der Waals surface area contributed by atoms with E-state index in [1.165, 1.54) is 0 Å². The van der Waals surface area contributed by atoms with E-state index < -0.39 is 0 Å². The summed E-state index contributed by atoms with van der Waals surface area (Å²) in [6, 6.07) is 0. The largest absolute Gasteiger partial charge is 4.00 e. The van der Waals surface area contributed by atoms with Crippen molar-refractivity contribution in [2.75, 3.05) is 0 Å². The van der Waals surface area contributed by atoms with Crippen molar-refractivity contribution in [2.45, 2.75) is 6.92 Å². The van der Waals surface area contributed by atoms with Crippen LogP contribution in [-0.4, -0.2) is 0 Å². The van der Waals surface area contributed by atoms with Gasteiger partial charge in [-0.25, -0.2) is 0 Å². The molecule has 0 atom stereocenters. The molecule has 0 aliphatic heterocycles. The van der Waals surface area contributed by atoms with Crippen molar-refractivity contribution in [1.82, 2.24) is 0 Å². The van der Waals surface area contributed by atoms with Gasteiger partial charge >= 0.3 is 21.7 Å². The maximum absolute atomic E-state index is 3.46. The van der Waals surface area contributed by atoms with E-state index in [0.29, 0.717) is 0 Å². The zero-order chi connectivity index (χ0) is 4.12. The van der Waals surface area contributed by atoms with Gasteiger partial charge in [0, 0.05) is 0 Å². The van der Waals surface area contributed by atoms with E-state index in [0.717, 1.165) is 0 Å². The molecule has 0 bridgehead atoms. The van der Waals surface area contributed by atoms with E-state index in [1.54, 1.807) is 6.08 Å². The summed E-state index contributed by atoms with van der Waals surface area (Å²) in [4.78, 5) is 0. The molecule has 0 aromatic carbocycles. The number of halogens is 3. The predicted octanol–water partition coefficient (Wildman–Crippen LogP) is -6.79. The maximum Gasteiger partial charge on any atom is 4.00 e. The minimum atomic E-state index is 0. The first-order valence-electron chi connectivity index (χ1n) is 1.65. The maximum atomic E-state index is 3.46. The molecule has 0 aliphatic carbocycles. The fourth-order valence-corrected chi connectivity index (χ4v) is 0.136. The van der Waals surface area contributed by atoms with Crippen LogP contribution in [0.3, 0.4) is 0 Å². The van der Waals surface area contributed by atoms with E-state index in [2.05, 4.69) is 6.58 Å². The number of hydrogen-bond acceptors (Lipinski definition) is 0. The van der Waals surface area contributed by atoms with Gasteiger partial charge in [-0.1, -0.05) is 24.8 Å². The Kier molecular flexibility index (Phi) is 326. The SMILES string of the molecule is C=CC=CC.[CH3-].[F-].[F-].[F-].[Ti+4]. The molecule has 0 nitrogen and oxygen atoms in total. The van der Waals surface area contributed by atoms with Crippen LogP contribution >= 0.6 is 0 Å². The predicted molar refractivity (Wildman–Crippen MR) is 31.4 cm³/mol. The Balaban J connectivity index is -0.00000000800. The molecule has 0 unspecified atom stereocenters. The Bertz CT molecular complexity index is 55.0. The van der Waals surface area contributed by atoms with Gasteiger partial charge in [-0.2, -0.15) is 0 Å². The first-order valence-corrected chi connectivity index (χ1v) is 1.65. The summed E-state index contributed by atoms with van der Waals surface area (Å²) < 4.78 is 0. The fourth-order valence-electron chi connectivity index (χ4n) is 0.136. The van der Waals surface area contributed by atoms with Gasteiger partial charge < -0.3 is 21.5 Å². The van der Waals surface area contributed by atoms with Crippen LogP contribution in [0.15, 0.2) is 24.8 Å². The Hall–Kier alpha value is -0.0157. The van der Waals surface area contributed by atoms with Gasteiger partial charge in [0.25, 0.3) is 0 Å². The zero-order valence-electron chi connectivity index (χ0n) is 6.07. The molecule has 0 aliphatic rings. The molecule has 0 heterocycles. The van der Waals surface area contributed by atoms with Crippen LogP contribution in [0.5, 0.6) is 0 Å². The second-order valence-electron chi connectivity index (χ2n) is 0.761. The van der Waals surface area contributed by atoms with Gasteiger partial charge in [-0.05, 0) is 6.92 Å². The van der Waals surface area contributed by atoms with Gasteiger partial charge in [0.2, 0.25) is 0 Å². The summed E-state index contributed by atoms with van der Waals surface area (Å²) in [6.07, 6.45) is 5.58. The molecule has 0 aromatic rings. The van der Waals surface area contributed by atoms with Gasteiger partial charge in [0.1, 0.15) is 0 Å². The molecule has 0 radical (unpaired) electrons. The second kappa shape index (κ2) is 64.3. The van der Waals surface area contributed by atoms with E-state index in [4.69, 9.17) is 0 Å². The Morgan fingerprint density at radius 1 is 1.10 bits per heavy atom. The molecule has 4 heteroatoms. The van der Waals surface area contributed by atoms with Crippen molar-refractivity contribution in [1.29, 1.82) is 0 Å². The molecule has 0 saturated carbocycles. The third-order valence-corrected chi connectivity index (χ3v) is 0.329. The molecule has 0 spiro atoms. The van der Waals surface area contributed by atoms with Crippen molar-refractivity contribution < 1.29 is 35.8 Å². The zero-order valence-corrected chi connectivity index (χ0v) is 7.63. The van der Waals surface area contributed by atoms with Gasteiger partial charge in [0.05, 0.1) is 0 Å². The van der Waals surface area contributed by atoms with E-state index in [9.17, 15) is 0 Å². The molecule has 10 heavy (non-hydrogen) atoms. The summed E-state index contributed by atoms with van der Waals surface area (Å²) in [5.41, 5.74) is 0. The summed E-state index contributed by atoms with van der Waals surface area (Å²) >= 11 is 0. The molecule has 0 aromatic heterocycles. The number of hydrogen-bond donors (Lipinski definition) is 0. The van der Waals surface area contributed by atoms with E-state index in [1.807, 2.05) is 19.1 Å². The second-order valence-corrected chi connectivity index (χ2v) is 0.761. The van der Waals surface area contributed by atoms with Crippen molar-refractivity contribution >= 4 is 0 Å². The molecule has 0 amide bonds. The van der Waals surface area contributed by atoms with Crippen molar-refractivity contribution in [3.05, 3.63) is 32.2 Å². The molecule has 0 rings (SSSR count). The first kappa shape index (κ1) is 50.8. The minimum Gasteiger partial charge on any atom is -1.00 e. The number of allylic oxidation sites excluding steroid dienone is 3. The summed E-state index contributed by atoms with van der Waals surface area (Å²) in [5.74, 6) is 0. The van der Waals surface area contributed by atoms with Gasteiger partial charge in [0.15, 0.2) is 0 Å². The first-order chi connectivity index (χ1) is 2.41. The normalized spacial score (nSPS) is 4.50.